The fourth-order valence-corrected chi connectivity index (χ4v) is 3.36. The zero-order valence-electron chi connectivity index (χ0n) is 14.4. The molecular weight excluding hydrogens is 338 g/mol. The van der Waals surface area contributed by atoms with Crippen molar-refractivity contribution in [3.8, 4) is 0 Å². The molecule has 0 aliphatic carbocycles. The minimum atomic E-state index is -0.895. The number of hydrogen-bond acceptors (Lipinski definition) is 4. The first-order chi connectivity index (χ1) is 12.0. The number of hydrogen-bond donors (Lipinski definition) is 2. The van der Waals surface area contributed by atoms with E-state index in [1.807, 2.05) is 44.2 Å². The number of aliphatic carboxylic acids is 1. The second-order valence-corrected chi connectivity index (χ2v) is 7.30. The van der Waals surface area contributed by atoms with Crippen molar-refractivity contribution in [3.05, 3.63) is 54.0 Å². The van der Waals surface area contributed by atoms with Crippen LogP contribution in [0.2, 0.25) is 0 Å². The largest absolute Gasteiger partial charge is 0.481 e. The van der Waals surface area contributed by atoms with E-state index in [0.717, 1.165) is 10.5 Å². The SMILES string of the molecule is CC(C)CC(CNC(=O)c1occc1CSc1ccccc1)C(=O)O. The molecule has 0 radical (unpaired) electrons. The summed E-state index contributed by atoms with van der Waals surface area (Å²) in [6, 6.07) is 11.7. The van der Waals surface area contributed by atoms with Gasteiger partial charge in [0.25, 0.3) is 5.91 Å². The molecule has 0 fully saturated rings. The van der Waals surface area contributed by atoms with E-state index in [4.69, 9.17) is 4.42 Å². The first kappa shape index (κ1) is 19.1. The molecule has 0 bridgehead atoms. The van der Waals surface area contributed by atoms with Gasteiger partial charge in [0, 0.05) is 22.8 Å². The predicted octanol–water partition coefficient (Wildman–Crippen LogP) is 4.05. The summed E-state index contributed by atoms with van der Waals surface area (Å²) >= 11 is 1.61. The van der Waals surface area contributed by atoms with Gasteiger partial charge >= 0.3 is 5.97 Å². The van der Waals surface area contributed by atoms with Gasteiger partial charge in [-0.25, -0.2) is 0 Å². The maximum absolute atomic E-state index is 12.3. The number of thioether (sulfide) groups is 1. The van der Waals surface area contributed by atoms with Gasteiger partial charge in [0.1, 0.15) is 0 Å². The number of amides is 1. The van der Waals surface area contributed by atoms with Crippen molar-refractivity contribution < 1.29 is 19.1 Å². The van der Waals surface area contributed by atoms with Crippen LogP contribution in [0.5, 0.6) is 0 Å². The average Bonchev–Trinajstić information content (AvgIpc) is 3.05. The van der Waals surface area contributed by atoms with E-state index < -0.39 is 11.9 Å². The molecule has 1 atom stereocenters. The molecule has 1 amide bonds. The van der Waals surface area contributed by atoms with Crippen LogP contribution < -0.4 is 5.32 Å². The van der Waals surface area contributed by atoms with Gasteiger partial charge < -0.3 is 14.8 Å². The summed E-state index contributed by atoms with van der Waals surface area (Å²) in [4.78, 5) is 24.7. The second-order valence-electron chi connectivity index (χ2n) is 6.25. The lowest BCUT2D eigenvalue weighted by Crippen LogP contribution is -2.33. The molecule has 25 heavy (non-hydrogen) atoms. The van der Waals surface area contributed by atoms with Crippen LogP contribution in [0.15, 0.2) is 52.0 Å². The van der Waals surface area contributed by atoms with Crippen molar-refractivity contribution in [1.29, 1.82) is 0 Å². The lowest BCUT2D eigenvalue weighted by molar-refractivity contribution is -0.142. The Morgan fingerprint density at radius 3 is 2.56 bits per heavy atom. The molecule has 0 spiro atoms. The molecule has 0 aliphatic heterocycles. The summed E-state index contributed by atoms with van der Waals surface area (Å²) < 4.78 is 5.32. The maximum Gasteiger partial charge on any atom is 0.308 e. The van der Waals surface area contributed by atoms with Crippen molar-refractivity contribution in [1.82, 2.24) is 5.32 Å². The topological polar surface area (TPSA) is 79.5 Å². The van der Waals surface area contributed by atoms with Gasteiger partial charge in [-0.3, -0.25) is 9.59 Å². The summed E-state index contributed by atoms with van der Waals surface area (Å²) in [5.41, 5.74) is 0.794. The Morgan fingerprint density at radius 2 is 1.92 bits per heavy atom. The molecule has 6 heteroatoms. The van der Waals surface area contributed by atoms with Crippen LogP contribution >= 0.6 is 11.8 Å². The number of nitrogens with one attached hydrogen (secondary N) is 1. The molecule has 2 rings (SSSR count). The van der Waals surface area contributed by atoms with E-state index in [1.165, 1.54) is 6.26 Å². The summed E-state index contributed by atoms with van der Waals surface area (Å²) in [6.45, 7) is 4.02. The van der Waals surface area contributed by atoms with E-state index in [-0.39, 0.29) is 24.1 Å². The Bertz CT molecular complexity index is 696. The molecule has 0 saturated carbocycles. The predicted molar refractivity (Wildman–Crippen MR) is 97.6 cm³/mol. The van der Waals surface area contributed by atoms with Crippen molar-refractivity contribution in [2.45, 2.75) is 30.9 Å². The number of carbonyl (C=O) groups is 2. The highest BCUT2D eigenvalue weighted by molar-refractivity contribution is 7.98. The molecule has 0 aliphatic rings. The number of furan rings is 1. The molecule has 5 nitrogen and oxygen atoms in total. The summed E-state index contributed by atoms with van der Waals surface area (Å²) in [6.07, 6.45) is 2.00. The van der Waals surface area contributed by atoms with Crippen molar-refractivity contribution in [2.75, 3.05) is 6.54 Å². The molecule has 1 heterocycles. The molecule has 2 aromatic rings. The third-order valence-corrected chi connectivity index (χ3v) is 4.77. The van der Waals surface area contributed by atoms with Gasteiger partial charge in [-0.1, -0.05) is 32.0 Å². The highest BCUT2D eigenvalue weighted by atomic mass is 32.2. The van der Waals surface area contributed by atoms with Crippen LogP contribution in [-0.4, -0.2) is 23.5 Å². The minimum Gasteiger partial charge on any atom is -0.481 e. The van der Waals surface area contributed by atoms with Crippen LogP contribution in [0, 0.1) is 11.8 Å². The van der Waals surface area contributed by atoms with Crippen molar-refractivity contribution in [2.24, 2.45) is 11.8 Å². The quantitative estimate of drug-likeness (QED) is 0.659. The van der Waals surface area contributed by atoms with E-state index in [2.05, 4.69) is 5.32 Å². The summed E-state index contributed by atoms with van der Waals surface area (Å²) in [5.74, 6) is -0.757. The fourth-order valence-electron chi connectivity index (χ4n) is 2.46. The number of benzene rings is 1. The van der Waals surface area contributed by atoms with Gasteiger partial charge in [-0.15, -0.1) is 11.8 Å². The average molecular weight is 361 g/mol. The van der Waals surface area contributed by atoms with E-state index >= 15 is 0 Å². The zero-order valence-corrected chi connectivity index (χ0v) is 15.2. The van der Waals surface area contributed by atoms with Gasteiger partial charge in [0.15, 0.2) is 5.76 Å². The summed E-state index contributed by atoms with van der Waals surface area (Å²) in [7, 11) is 0. The first-order valence-corrected chi connectivity index (χ1v) is 9.21. The number of carboxylic acid groups (broad SMARTS) is 1. The Labute approximate surface area is 151 Å². The van der Waals surface area contributed by atoms with Crippen LogP contribution in [0.4, 0.5) is 0 Å². The van der Waals surface area contributed by atoms with Crippen LogP contribution in [0.1, 0.15) is 36.4 Å². The maximum atomic E-state index is 12.3. The normalized spacial score (nSPS) is 12.1. The number of carbonyl (C=O) groups excluding carboxylic acids is 1. The lowest BCUT2D eigenvalue weighted by atomic mass is 9.97. The molecule has 1 unspecified atom stereocenters. The second kappa shape index (κ2) is 9.32. The van der Waals surface area contributed by atoms with Crippen LogP contribution in [0.3, 0.4) is 0 Å². The van der Waals surface area contributed by atoms with Crippen LogP contribution in [0.25, 0.3) is 0 Å². The number of rotatable bonds is 9. The highest BCUT2D eigenvalue weighted by Crippen LogP contribution is 2.25. The Kier molecular flexibility index (Phi) is 7.13. The molecular formula is C19H23NO4S. The molecule has 134 valence electrons. The smallest absolute Gasteiger partial charge is 0.308 e. The van der Waals surface area contributed by atoms with Crippen molar-refractivity contribution in [3.63, 3.8) is 0 Å². The third kappa shape index (κ3) is 5.98. The molecule has 1 aromatic heterocycles. The Morgan fingerprint density at radius 1 is 1.20 bits per heavy atom. The minimum absolute atomic E-state index is 0.0956. The monoisotopic (exact) mass is 361 g/mol. The fraction of sp³-hybridized carbons (Fsp3) is 0.368. The number of carboxylic acids is 1. The van der Waals surface area contributed by atoms with Gasteiger partial charge in [0.05, 0.1) is 12.2 Å². The van der Waals surface area contributed by atoms with E-state index in [1.54, 1.807) is 17.8 Å². The highest BCUT2D eigenvalue weighted by Gasteiger charge is 2.22. The zero-order chi connectivity index (χ0) is 18.2. The summed E-state index contributed by atoms with van der Waals surface area (Å²) in [5, 5.41) is 11.9. The first-order valence-electron chi connectivity index (χ1n) is 8.22. The third-order valence-electron chi connectivity index (χ3n) is 3.70. The molecule has 0 saturated heterocycles. The Hall–Kier alpha value is -2.21. The Balaban J connectivity index is 1.93. The molecule has 2 N–H and O–H groups in total. The van der Waals surface area contributed by atoms with E-state index in [0.29, 0.717) is 12.2 Å². The van der Waals surface area contributed by atoms with Gasteiger partial charge in [0.2, 0.25) is 0 Å². The lowest BCUT2D eigenvalue weighted by Gasteiger charge is -2.15. The van der Waals surface area contributed by atoms with Gasteiger partial charge in [-0.2, -0.15) is 0 Å². The van der Waals surface area contributed by atoms with Gasteiger partial charge in [-0.05, 0) is 30.5 Å². The van der Waals surface area contributed by atoms with Crippen LogP contribution in [-0.2, 0) is 10.5 Å². The standard InChI is InChI=1S/C19H23NO4S/c1-13(2)10-15(19(22)23)11-20-18(21)17-14(8-9-24-17)12-25-16-6-4-3-5-7-16/h3-9,13,15H,10-12H2,1-2H3,(H,20,21)(H,22,23). The molecule has 1 aromatic carbocycles. The van der Waals surface area contributed by atoms with Crippen molar-refractivity contribution >= 4 is 23.6 Å². The van der Waals surface area contributed by atoms with E-state index in [9.17, 15) is 14.7 Å².